The van der Waals surface area contributed by atoms with Crippen LogP contribution in [0.2, 0.25) is 0 Å². The summed E-state index contributed by atoms with van der Waals surface area (Å²) in [5, 5.41) is 10.2. The molecule has 0 radical (unpaired) electrons. The number of aryl methyl sites for hydroxylation is 1. The lowest BCUT2D eigenvalue weighted by Crippen LogP contribution is -2.42. The normalized spacial score (nSPS) is 34.9. The maximum atomic E-state index is 12.4. The minimum Gasteiger partial charge on any atom is -0.507 e. The Labute approximate surface area is 138 Å². The number of fused-ring (bicyclic) bond motifs is 5. The number of carbonyl (C=O) groups is 1. The van der Waals surface area contributed by atoms with E-state index >= 15 is 0 Å². The molecule has 0 spiro atoms. The molecule has 2 nitrogen and oxygen atoms in total. The Bertz CT molecular complexity index is 736. The van der Waals surface area contributed by atoms with Crippen LogP contribution in [0.25, 0.3) is 0 Å². The molecular formula is C21H24O2. The minimum absolute atomic E-state index is 0.0678. The first-order chi connectivity index (χ1) is 11.0. The largest absolute Gasteiger partial charge is 0.507 e. The monoisotopic (exact) mass is 308 g/mol. The molecule has 4 rings (SSSR count). The van der Waals surface area contributed by atoms with Gasteiger partial charge < -0.3 is 5.11 Å². The average Bonchev–Trinajstić information content (AvgIpc) is 2.84. The highest BCUT2D eigenvalue weighted by Gasteiger charge is 2.54. The molecule has 2 fully saturated rings. The molecule has 0 bridgehead atoms. The number of Topliss-reactive ketones (excluding diaryl/α,β-unsaturated/α-hetero) is 1. The van der Waals surface area contributed by atoms with Gasteiger partial charge in [-0.15, -0.1) is 5.92 Å². The first kappa shape index (κ1) is 14.8. The van der Waals surface area contributed by atoms with Crippen molar-refractivity contribution >= 4 is 5.78 Å². The van der Waals surface area contributed by atoms with Crippen LogP contribution >= 0.6 is 0 Å². The summed E-state index contributed by atoms with van der Waals surface area (Å²) in [5.41, 5.74) is 3.36. The molecule has 1 aromatic carbocycles. The summed E-state index contributed by atoms with van der Waals surface area (Å²) in [6.45, 7) is 4.02. The van der Waals surface area contributed by atoms with E-state index in [0.29, 0.717) is 29.3 Å². The number of phenols is 1. The van der Waals surface area contributed by atoms with E-state index < -0.39 is 0 Å². The van der Waals surface area contributed by atoms with Gasteiger partial charge in [-0.1, -0.05) is 12.8 Å². The third-order valence-electron chi connectivity index (χ3n) is 6.81. The third kappa shape index (κ3) is 2.06. The molecule has 3 aliphatic carbocycles. The molecule has 0 aromatic heterocycles. The van der Waals surface area contributed by atoms with E-state index in [1.54, 1.807) is 6.92 Å². The Hall–Kier alpha value is -1.75. The van der Waals surface area contributed by atoms with Crippen LogP contribution in [0, 0.1) is 29.1 Å². The second-order valence-corrected chi connectivity index (χ2v) is 7.78. The zero-order valence-corrected chi connectivity index (χ0v) is 14.0. The van der Waals surface area contributed by atoms with Gasteiger partial charge in [0.25, 0.3) is 0 Å². The van der Waals surface area contributed by atoms with Gasteiger partial charge in [0.1, 0.15) is 11.5 Å². The minimum atomic E-state index is -0.0678. The zero-order valence-electron chi connectivity index (χ0n) is 14.0. The number of ketones is 1. The molecule has 0 heterocycles. The summed E-state index contributed by atoms with van der Waals surface area (Å²) in [7, 11) is 0. The number of benzene rings is 1. The lowest BCUT2D eigenvalue weighted by molar-refractivity contribution is -0.129. The highest BCUT2D eigenvalue weighted by Crippen LogP contribution is 2.59. The van der Waals surface area contributed by atoms with E-state index in [1.807, 2.05) is 6.07 Å². The van der Waals surface area contributed by atoms with Crippen molar-refractivity contribution in [2.75, 3.05) is 0 Å². The van der Waals surface area contributed by atoms with E-state index in [0.717, 1.165) is 44.1 Å². The summed E-state index contributed by atoms with van der Waals surface area (Å²) in [4.78, 5) is 12.4. The summed E-state index contributed by atoms with van der Waals surface area (Å²) >= 11 is 0. The van der Waals surface area contributed by atoms with Gasteiger partial charge >= 0.3 is 0 Å². The Balaban J connectivity index is 1.75. The van der Waals surface area contributed by atoms with Gasteiger partial charge in [0, 0.05) is 11.8 Å². The highest BCUT2D eigenvalue weighted by atomic mass is 16.3. The maximum Gasteiger partial charge on any atom is 0.139 e. The zero-order chi connectivity index (χ0) is 16.2. The molecule has 120 valence electrons. The van der Waals surface area contributed by atoms with Gasteiger partial charge in [0.15, 0.2) is 0 Å². The van der Waals surface area contributed by atoms with Gasteiger partial charge in [-0.3, -0.25) is 4.79 Å². The second kappa shape index (κ2) is 5.13. The van der Waals surface area contributed by atoms with Crippen molar-refractivity contribution < 1.29 is 9.90 Å². The number of carbonyl (C=O) groups excluding carboxylic acids is 1. The Morgan fingerprint density at radius 1 is 1.22 bits per heavy atom. The van der Waals surface area contributed by atoms with Gasteiger partial charge in [-0.25, -0.2) is 0 Å². The van der Waals surface area contributed by atoms with Crippen molar-refractivity contribution in [3.63, 3.8) is 0 Å². The number of hydrogen-bond donors (Lipinski definition) is 1. The summed E-state index contributed by atoms with van der Waals surface area (Å²) in [5.74, 6) is 8.45. The molecular weight excluding hydrogens is 284 g/mol. The predicted octanol–water partition coefficient (Wildman–Crippen LogP) is 4.19. The molecule has 3 aliphatic rings. The number of aromatic hydroxyl groups is 1. The molecule has 0 amide bonds. The van der Waals surface area contributed by atoms with Crippen molar-refractivity contribution in [2.45, 2.75) is 58.3 Å². The lowest BCUT2D eigenvalue weighted by atomic mass is 9.55. The molecule has 1 N–H and O–H groups in total. The standard InChI is InChI=1S/C21H24O2/c1-3-4-14-11-17-13(12-19(14)22)5-6-16-15(17)9-10-21(2)18(16)7-8-20(21)23/h11-12,15-16,18,22H,5-10H2,1-2H3. The fourth-order valence-electron chi connectivity index (χ4n) is 5.61. The summed E-state index contributed by atoms with van der Waals surface area (Å²) in [6.07, 6.45) is 6.14. The molecule has 2 heteroatoms. The SMILES string of the molecule is CC#Cc1cc2c(cc1O)CCC1C2CCC2(C)C(=O)CCC12. The van der Waals surface area contributed by atoms with Crippen LogP contribution in [0.1, 0.15) is 68.6 Å². The highest BCUT2D eigenvalue weighted by molar-refractivity contribution is 5.87. The van der Waals surface area contributed by atoms with Crippen LogP contribution in [-0.4, -0.2) is 10.9 Å². The van der Waals surface area contributed by atoms with Crippen molar-refractivity contribution in [3.8, 4) is 17.6 Å². The lowest BCUT2D eigenvalue weighted by Gasteiger charge is -2.48. The van der Waals surface area contributed by atoms with Crippen LogP contribution in [-0.2, 0) is 11.2 Å². The number of phenolic OH excluding ortho intramolecular Hbond substituents is 1. The molecule has 23 heavy (non-hydrogen) atoms. The Morgan fingerprint density at radius 2 is 2.04 bits per heavy atom. The molecule has 4 atom stereocenters. The van der Waals surface area contributed by atoms with E-state index in [-0.39, 0.29) is 5.41 Å². The Kier molecular flexibility index (Phi) is 3.30. The molecule has 0 saturated heterocycles. The van der Waals surface area contributed by atoms with Crippen LogP contribution in [0.3, 0.4) is 0 Å². The van der Waals surface area contributed by atoms with Crippen LogP contribution in [0.4, 0.5) is 0 Å². The molecule has 4 unspecified atom stereocenters. The summed E-state index contributed by atoms with van der Waals surface area (Å²) < 4.78 is 0. The van der Waals surface area contributed by atoms with Gasteiger partial charge in [0.2, 0.25) is 0 Å². The van der Waals surface area contributed by atoms with E-state index in [4.69, 9.17) is 0 Å². The van der Waals surface area contributed by atoms with Crippen LogP contribution in [0.15, 0.2) is 12.1 Å². The van der Waals surface area contributed by atoms with E-state index in [9.17, 15) is 9.90 Å². The average molecular weight is 308 g/mol. The predicted molar refractivity (Wildman–Crippen MR) is 90.3 cm³/mol. The van der Waals surface area contributed by atoms with Crippen LogP contribution in [0.5, 0.6) is 5.75 Å². The second-order valence-electron chi connectivity index (χ2n) is 7.78. The van der Waals surface area contributed by atoms with Crippen molar-refractivity contribution in [1.29, 1.82) is 0 Å². The molecule has 1 aromatic rings. The van der Waals surface area contributed by atoms with Gasteiger partial charge in [-0.2, -0.15) is 0 Å². The topological polar surface area (TPSA) is 37.3 Å². The quantitative estimate of drug-likeness (QED) is 0.730. The van der Waals surface area contributed by atoms with E-state index in [1.165, 1.54) is 11.1 Å². The van der Waals surface area contributed by atoms with Gasteiger partial charge in [-0.05, 0) is 80.0 Å². The first-order valence-electron chi connectivity index (χ1n) is 8.86. The van der Waals surface area contributed by atoms with Crippen LogP contribution < -0.4 is 0 Å². The van der Waals surface area contributed by atoms with Crippen molar-refractivity contribution in [2.24, 2.45) is 17.3 Å². The van der Waals surface area contributed by atoms with Gasteiger partial charge in [0.05, 0.1) is 5.56 Å². The maximum absolute atomic E-state index is 12.4. The fourth-order valence-corrected chi connectivity index (χ4v) is 5.61. The van der Waals surface area contributed by atoms with Crippen molar-refractivity contribution in [1.82, 2.24) is 0 Å². The van der Waals surface area contributed by atoms with Crippen molar-refractivity contribution in [3.05, 3.63) is 28.8 Å². The molecule has 2 saturated carbocycles. The number of hydrogen-bond acceptors (Lipinski definition) is 2. The smallest absolute Gasteiger partial charge is 0.139 e. The molecule has 0 aliphatic heterocycles. The van der Waals surface area contributed by atoms with E-state index in [2.05, 4.69) is 24.8 Å². The first-order valence-corrected chi connectivity index (χ1v) is 8.86. The Morgan fingerprint density at radius 3 is 2.83 bits per heavy atom. The summed E-state index contributed by atoms with van der Waals surface area (Å²) in [6, 6.07) is 4.05. The third-order valence-corrected chi connectivity index (χ3v) is 6.81. The number of rotatable bonds is 0. The fraction of sp³-hybridized carbons (Fsp3) is 0.571.